The van der Waals surface area contributed by atoms with E-state index in [-0.39, 0.29) is 93.5 Å². The first kappa shape index (κ1) is 62.9. The highest BCUT2D eigenvalue weighted by atomic mass is 19.4. The molecule has 0 fully saturated rings. The highest BCUT2D eigenvalue weighted by Gasteiger charge is 2.73. The van der Waals surface area contributed by atoms with Crippen molar-refractivity contribution in [1.29, 1.82) is 0 Å². The summed E-state index contributed by atoms with van der Waals surface area (Å²) in [6.07, 6.45) is -34.5. The lowest BCUT2D eigenvalue weighted by molar-refractivity contribution is -0.288. The van der Waals surface area contributed by atoms with Crippen LogP contribution >= 0.6 is 0 Å². The lowest BCUT2D eigenvalue weighted by Gasteiger charge is -2.38. The second-order valence-corrected chi connectivity index (χ2v) is 16.9. The van der Waals surface area contributed by atoms with Crippen LogP contribution < -0.4 is 9.80 Å². The van der Waals surface area contributed by atoms with E-state index in [1.54, 1.807) is 0 Å². The molecule has 0 saturated carbocycles. The van der Waals surface area contributed by atoms with Crippen LogP contribution in [0.5, 0.6) is 0 Å². The van der Waals surface area contributed by atoms with E-state index in [1.807, 2.05) is 0 Å². The van der Waals surface area contributed by atoms with Gasteiger partial charge in [-0.15, -0.1) is 0 Å². The van der Waals surface area contributed by atoms with Crippen LogP contribution in [0.4, 0.5) is 90.4 Å². The normalized spacial score (nSPS) is 14.1. The third-order valence-electron chi connectivity index (χ3n) is 12.5. The molecule has 0 N–H and O–H groups in total. The maximum atomic E-state index is 15.5. The Kier molecular flexibility index (Phi) is 16.6. The van der Waals surface area contributed by atoms with Crippen LogP contribution in [0.25, 0.3) is 22.3 Å². The number of hydrogen-bond donors (Lipinski definition) is 0. The average molecular weight is 1120 g/mol. The Morgan fingerprint density at radius 3 is 0.974 bits per heavy atom. The smallest absolute Gasteiger partial charge is 0.268 e. The van der Waals surface area contributed by atoms with Gasteiger partial charge in [-0.25, -0.2) is 9.80 Å². The third-order valence-corrected chi connectivity index (χ3v) is 12.5. The molecule has 418 valence electrons. The summed E-state index contributed by atoms with van der Waals surface area (Å²) in [7, 11) is 0. The van der Waals surface area contributed by atoms with Crippen molar-refractivity contribution in [2.75, 3.05) is 9.80 Å². The van der Waals surface area contributed by atoms with Gasteiger partial charge in [-0.05, 0) is 113 Å². The molecule has 0 aromatic heterocycles. The Balaban J connectivity index is 0.00000328. The molecule has 2 heterocycles. The number of benzene rings is 6. The van der Waals surface area contributed by atoms with Gasteiger partial charge in [0.2, 0.25) is 5.41 Å². The molecular formula is C54H42F18N2O4. The van der Waals surface area contributed by atoms with Crippen molar-refractivity contribution < 1.29 is 98.2 Å². The van der Waals surface area contributed by atoms with Crippen LogP contribution in [0.2, 0.25) is 0 Å². The fraction of sp³-hybridized carbons (Fsp3) is 0.259. The summed E-state index contributed by atoms with van der Waals surface area (Å²) < 4.78 is 265. The highest BCUT2D eigenvalue weighted by molar-refractivity contribution is 6.35. The summed E-state index contributed by atoms with van der Waals surface area (Å²) in [5.74, 6) is -6.76. The molecule has 6 nitrogen and oxygen atoms in total. The van der Waals surface area contributed by atoms with Crippen LogP contribution in [0, 0.1) is 6.92 Å². The highest BCUT2D eigenvalue weighted by Crippen LogP contribution is 2.58. The van der Waals surface area contributed by atoms with E-state index in [0.29, 0.717) is 48.5 Å². The Labute approximate surface area is 432 Å². The average Bonchev–Trinajstić information content (AvgIpc) is 3.69. The molecule has 0 radical (unpaired) electrons. The fourth-order valence-electron chi connectivity index (χ4n) is 9.09. The number of carbonyl (C=O) groups excluding carboxylic acids is 4. The van der Waals surface area contributed by atoms with Crippen molar-refractivity contribution in [2.24, 2.45) is 0 Å². The van der Waals surface area contributed by atoms with Gasteiger partial charge in [0.15, 0.2) is 0 Å². The van der Waals surface area contributed by atoms with Crippen molar-refractivity contribution in [3.63, 3.8) is 0 Å². The van der Waals surface area contributed by atoms with Gasteiger partial charge in [-0.1, -0.05) is 90.7 Å². The number of alkyl halides is 18. The molecule has 8 rings (SSSR count). The standard InChI is InChI=1S/C50H26F18N2O4.4CH4/c1-3-23-5-11-29(37(17-23)46(54,55)56)31-15-9-27(21-39(31)48(60,61)62)70-41(72)33-13-7-25(19-35(33)43(70)74)44(49(63,64)65,50(66,67)68)24-6-12-32-34(18-24)42(73)69(40(32)71)26-8-14-30(38(20-26)47(57,58)59)28-10-4-22(2)16-36(28)45(51,52)53;;;;/h4-21H,3H2,1-2H3;4*1H4. The number of nitrogens with zero attached hydrogens (tertiary/aromatic N) is 2. The van der Waals surface area contributed by atoms with E-state index in [1.165, 1.54) is 13.8 Å². The van der Waals surface area contributed by atoms with E-state index in [2.05, 4.69) is 0 Å². The van der Waals surface area contributed by atoms with E-state index < -0.39 is 155 Å². The minimum absolute atomic E-state index is 0. The predicted octanol–water partition coefficient (Wildman–Crippen LogP) is 17.5. The molecule has 0 aliphatic carbocycles. The molecule has 78 heavy (non-hydrogen) atoms. The van der Waals surface area contributed by atoms with Crippen molar-refractivity contribution in [3.05, 3.63) is 176 Å². The zero-order valence-corrected chi connectivity index (χ0v) is 36.9. The third kappa shape index (κ3) is 10.2. The minimum atomic E-state index is -6.55. The molecule has 6 aromatic rings. The molecule has 24 heteroatoms. The van der Waals surface area contributed by atoms with Gasteiger partial charge in [-0.2, -0.15) is 79.0 Å². The molecule has 0 atom stereocenters. The molecule has 2 aliphatic heterocycles. The molecule has 0 unspecified atom stereocenters. The molecule has 0 spiro atoms. The van der Waals surface area contributed by atoms with Crippen molar-refractivity contribution in [1.82, 2.24) is 0 Å². The maximum Gasteiger partial charge on any atom is 0.417 e. The number of aryl methyl sites for hydroxylation is 2. The molecule has 4 amide bonds. The van der Waals surface area contributed by atoms with E-state index in [0.717, 1.165) is 24.3 Å². The molecular weight excluding hydrogens is 1080 g/mol. The Morgan fingerprint density at radius 1 is 0.346 bits per heavy atom. The summed E-state index contributed by atoms with van der Waals surface area (Å²) in [4.78, 5) is 54.8. The monoisotopic (exact) mass is 1120 g/mol. The summed E-state index contributed by atoms with van der Waals surface area (Å²) in [6, 6.07) is 7.77. The van der Waals surface area contributed by atoms with Gasteiger partial charge in [0.05, 0.1) is 55.9 Å². The lowest BCUT2D eigenvalue weighted by atomic mass is 9.71. The number of amides is 4. The predicted molar refractivity (Wildman–Crippen MR) is 253 cm³/mol. The lowest BCUT2D eigenvalue weighted by Crippen LogP contribution is -2.55. The van der Waals surface area contributed by atoms with Crippen molar-refractivity contribution >= 4 is 35.0 Å². The first-order chi connectivity index (χ1) is 34.0. The number of rotatable bonds is 7. The van der Waals surface area contributed by atoms with Gasteiger partial charge < -0.3 is 0 Å². The summed E-state index contributed by atoms with van der Waals surface area (Å²) >= 11 is 0. The van der Waals surface area contributed by atoms with Crippen molar-refractivity contribution in [2.45, 2.75) is 92.4 Å². The Hall–Kier alpha value is -7.66. The number of imide groups is 2. The zero-order valence-electron chi connectivity index (χ0n) is 36.9. The van der Waals surface area contributed by atoms with Gasteiger partial charge in [0, 0.05) is 0 Å². The minimum Gasteiger partial charge on any atom is -0.268 e. The van der Waals surface area contributed by atoms with Crippen LogP contribution in [-0.2, 0) is 36.5 Å². The number of halogens is 18. The summed E-state index contributed by atoms with van der Waals surface area (Å²) in [5, 5.41) is 0. The first-order valence-electron chi connectivity index (χ1n) is 21.0. The SMILES string of the molecule is C.C.C.C.CCc1ccc(-c2ccc(N3C(=O)c4ccc(C(c5ccc6c(c5)C(=O)N(c5ccc(-c7ccc(C)cc7C(F)(F)F)c(C(F)(F)F)c5)C6=O)(C(F)(F)F)C(F)(F)F)cc4C3=O)cc2C(F)(F)F)c(C(F)(F)F)c1. The first-order valence-corrected chi connectivity index (χ1v) is 21.0. The van der Waals surface area contributed by atoms with Crippen LogP contribution in [0.1, 0.15) is 123 Å². The van der Waals surface area contributed by atoms with Gasteiger partial charge >= 0.3 is 37.1 Å². The number of anilines is 2. The molecule has 0 saturated heterocycles. The number of fused-ring (bicyclic) bond motifs is 2. The Bertz CT molecular complexity index is 3350. The zero-order chi connectivity index (χ0) is 54.8. The molecule has 6 aromatic carbocycles. The second kappa shape index (κ2) is 20.6. The fourth-order valence-corrected chi connectivity index (χ4v) is 9.09. The quantitative estimate of drug-likeness (QED) is 0.118. The van der Waals surface area contributed by atoms with Crippen molar-refractivity contribution in [3.8, 4) is 22.3 Å². The van der Waals surface area contributed by atoms with E-state index in [4.69, 9.17) is 0 Å². The molecule has 0 bridgehead atoms. The second-order valence-electron chi connectivity index (χ2n) is 16.9. The Morgan fingerprint density at radius 2 is 0.641 bits per heavy atom. The number of carbonyl (C=O) groups is 4. The summed E-state index contributed by atoms with van der Waals surface area (Å²) in [6.45, 7) is 2.69. The van der Waals surface area contributed by atoms with E-state index >= 15 is 26.3 Å². The number of hydrogen-bond acceptors (Lipinski definition) is 4. The maximum absolute atomic E-state index is 15.5. The van der Waals surface area contributed by atoms with Gasteiger partial charge in [0.25, 0.3) is 23.6 Å². The van der Waals surface area contributed by atoms with Gasteiger partial charge in [0.1, 0.15) is 0 Å². The summed E-state index contributed by atoms with van der Waals surface area (Å²) in [5.41, 5.74) is -26.3. The van der Waals surface area contributed by atoms with Crippen LogP contribution in [-0.4, -0.2) is 36.0 Å². The molecule has 2 aliphatic rings. The van der Waals surface area contributed by atoms with Gasteiger partial charge in [-0.3, -0.25) is 19.2 Å². The van der Waals surface area contributed by atoms with Crippen LogP contribution in [0.3, 0.4) is 0 Å². The van der Waals surface area contributed by atoms with Crippen LogP contribution in [0.15, 0.2) is 109 Å². The topological polar surface area (TPSA) is 74.8 Å². The van der Waals surface area contributed by atoms with E-state index in [9.17, 15) is 71.9 Å². The largest absolute Gasteiger partial charge is 0.417 e.